The Morgan fingerprint density at radius 3 is 2.88 bits per heavy atom. The molecule has 0 saturated carbocycles. The van der Waals surface area contributed by atoms with Gasteiger partial charge in [0, 0.05) is 6.07 Å². The molecule has 0 radical (unpaired) electrons. The lowest BCUT2D eigenvalue weighted by atomic mass is 10.2. The number of ether oxygens (including phenoxy) is 1. The number of rotatable bonds is 3. The molecule has 0 aliphatic rings. The first-order valence-corrected chi connectivity index (χ1v) is 4.83. The van der Waals surface area contributed by atoms with Crippen molar-refractivity contribution in [3.05, 3.63) is 29.6 Å². The van der Waals surface area contributed by atoms with E-state index in [9.17, 15) is 9.18 Å². The van der Waals surface area contributed by atoms with E-state index in [1.807, 2.05) is 6.92 Å². The van der Waals surface area contributed by atoms with Crippen LogP contribution < -0.4 is 10.5 Å². The van der Waals surface area contributed by atoms with E-state index in [2.05, 4.69) is 11.8 Å². The van der Waals surface area contributed by atoms with Crippen LogP contribution in [0.2, 0.25) is 0 Å². The molecule has 2 N–H and O–H groups in total. The summed E-state index contributed by atoms with van der Waals surface area (Å²) in [6.07, 6.45) is -0.0767. The number of hydrogen-bond donors (Lipinski definition) is 1. The molecular formula is C12H12FNO2. The van der Waals surface area contributed by atoms with Gasteiger partial charge in [-0.1, -0.05) is 11.8 Å². The fraction of sp³-hybridized carbons (Fsp3) is 0.250. The molecule has 0 aromatic heterocycles. The summed E-state index contributed by atoms with van der Waals surface area (Å²) in [6.45, 7) is 2.30. The number of amides is 1. The Hall–Kier alpha value is -2.02. The zero-order valence-electron chi connectivity index (χ0n) is 8.92. The van der Waals surface area contributed by atoms with Crippen molar-refractivity contribution in [1.29, 1.82) is 0 Å². The van der Waals surface area contributed by atoms with Gasteiger partial charge in [0.2, 0.25) is 5.91 Å². The third kappa shape index (κ3) is 3.62. The Morgan fingerprint density at radius 1 is 1.56 bits per heavy atom. The lowest BCUT2D eigenvalue weighted by Crippen LogP contribution is -2.08. The highest BCUT2D eigenvalue weighted by atomic mass is 19.1. The van der Waals surface area contributed by atoms with E-state index in [4.69, 9.17) is 10.5 Å². The largest absolute Gasteiger partial charge is 0.494 e. The Labute approximate surface area is 93.4 Å². The minimum absolute atomic E-state index is 0.0767. The highest BCUT2D eigenvalue weighted by Gasteiger charge is 2.01. The SMILES string of the molecule is CCOc1ccc(C#CCC(N)=O)c(F)c1. The summed E-state index contributed by atoms with van der Waals surface area (Å²) in [6, 6.07) is 4.40. The average Bonchev–Trinajstić information content (AvgIpc) is 2.21. The number of primary amides is 1. The molecule has 0 fully saturated rings. The van der Waals surface area contributed by atoms with E-state index in [0.717, 1.165) is 0 Å². The fourth-order valence-corrected chi connectivity index (χ4v) is 1.08. The van der Waals surface area contributed by atoms with Gasteiger partial charge in [-0.05, 0) is 19.1 Å². The summed E-state index contributed by atoms with van der Waals surface area (Å²) in [5, 5.41) is 0. The molecule has 0 unspecified atom stereocenters. The molecular weight excluding hydrogens is 209 g/mol. The van der Waals surface area contributed by atoms with Gasteiger partial charge in [-0.2, -0.15) is 0 Å². The van der Waals surface area contributed by atoms with Crippen LogP contribution in [0.3, 0.4) is 0 Å². The van der Waals surface area contributed by atoms with Crippen LogP contribution in [0.5, 0.6) is 5.75 Å². The van der Waals surface area contributed by atoms with Gasteiger partial charge in [0.05, 0.1) is 18.6 Å². The van der Waals surface area contributed by atoms with Gasteiger partial charge >= 0.3 is 0 Å². The summed E-state index contributed by atoms with van der Waals surface area (Å²) in [4.78, 5) is 10.4. The highest BCUT2D eigenvalue weighted by Crippen LogP contribution is 2.15. The van der Waals surface area contributed by atoms with Crippen molar-refractivity contribution in [2.75, 3.05) is 6.61 Å². The molecule has 0 atom stereocenters. The first kappa shape index (κ1) is 12.1. The standard InChI is InChI=1S/C12H12FNO2/c1-2-16-10-7-6-9(11(13)8-10)4-3-5-12(14)15/h6-8H,2,5H2,1H3,(H2,14,15). The summed E-state index contributed by atoms with van der Waals surface area (Å²) >= 11 is 0. The molecule has 16 heavy (non-hydrogen) atoms. The number of nitrogens with two attached hydrogens (primary N) is 1. The second-order valence-electron chi connectivity index (χ2n) is 3.02. The van der Waals surface area contributed by atoms with Gasteiger partial charge in [0.1, 0.15) is 11.6 Å². The summed E-state index contributed by atoms with van der Waals surface area (Å²) in [7, 11) is 0. The lowest BCUT2D eigenvalue weighted by Gasteiger charge is -2.02. The van der Waals surface area contributed by atoms with E-state index in [0.29, 0.717) is 12.4 Å². The predicted octanol–water partition coefficient (Wildman–Crippen LogP) is 1.45. The van der Waals surface area contributed by atoms with Gasteiger partial charge in [0.25, 0.3) is 0 Å². The monoisotopic (exact) mass is 221 g/mol. The van der Waals surface area contributed by atoms with E-state index < -0.39 is 11.7 Å². The van der Waals surface area contributed by atoms with E-state index >= 15 is 0 Å². The van der Waals surface area contributed by atoms with Gasteiger partial charge in [-0.15, -0.1) is 0 Å². The molecule has 3 nitrogen and oxygen atoms in total. The van der Waals surface area contributed by atoms with Crippen LogP contribution in [-0.2, 0) is 4.79 Å². The van der Waals surface area contributed by atoms with Gasteiger partial charge < -0.3 is 10.5 Å². The molecule has 1 rings (SSSR count). The zero-order chi connectivity index (χ0) is 12.0. The van der Waals surface area contributed by atoms with E-state index in [-0.39, 0.29) is 12.0 Å². The molecule has 0 saturated heterocycles. The van der Waals surface area contributed by atoms with Gasteiger partial charge in [0.15, 0.2) is 0 Å². The Morgan fingerprint density at radius 2 is 2.31 bits per heavy atom. The molecule has 0 heterocycles. The van der Waals surface area contributed by atoms with Gasteiger partial charge in [-0.3, -0.25) is 4.79 Å². The number of carbonyl (C=O) groups is 1. The van der Waals surface area contributed by atoms with Crippen LogP contribution in [0, 0.1) is 17.7 Å². The molecule has 84 valence electrons. The molecule has 1 aromatic carbocycles. The minimum atomic E-state index is -0.529. The minimum Gasteiger partial charge on any atom is -0.494 e. The summed E-state index contributed by atoms with van der Waals surface area (Å²) < 4.78 is 18.5. The van der Waals surface area contributed by atoms with Gasteiger partial charge in [-0.25, -0.2) is 4.39 Å². The van der Waals surface area contributed by atoms with Crippen molar-refractivity contribution < 1.29 is 13.9 Å². The molecule has 4 heteroatoms. The average molecular weight is 221 g/mol. The molecule has 0 spiro atoms. The van der Waals surface area contributed by atoms with Crippen LogP contribution >= 0.6 is 0 Å². The quantitative estimate of drug-likeness (QED) is 0.785. The highest BCUT2D eigenvalue weighted by molar-refractivity contribution is 5.76. The molecule has 0 aliphatic heterocycles. The Bertz CT molecular complexity index is 446. The smallest absolute Gasteiger partial charge is 0.229 e. The van der Waals surface area contributed by atoms with Crippen molar-refractivity contribution in [2.24, 2.45) is 5.73 Å². The van der Waals surface area contributed by atoms with Crippen LogP contribution in [0.15, 0.2) is 18.2 Å². The maximum Gasteiger partial charge on any atom is 0.229 e. The Kier molecular flexibility index (Phi) is 4.34. The van der Waals surface area contributed by atoms with Crippen molar-refractivity contribution >= 4 is 5.91 Å². The summed E-state index contributed by atoms with van der Waals surface area (Å²) in [5.74, 6) is 4.48. The summed E-state index contributed by atoms with van der Waals surface area (Å²) in [5.41, 5.74) is 5.13. The second-order valence-corrected chi connectivity index (χ2v) is 3.02. The number of benzene rings is 1. The molecule has 0 aliphatic carbocycles. The van der Waals surface area contributed by atoms with Crippen molar-refractivity contribution in [2.45, 2.75) is 13.3 Å². The maximum atomic E-state index is 13.4. The van der Waals surface area contributed by atoms with Crippen LogP contribution in [0.25, 0.3) is 0 Å². The first-order chi connectivity index (χ1) is 7.63. The van der Waals surface area contributed by atoms with Crippen LogP contribution in [0.1, 0.15) is 18.9 Å². The fourth-order valence-electron chi connectivity index (χ4n) is 1.08. The second kappa shape index (κ2) is 5.76. The Balaban J connectivity index is 2.81. The third-order valence-corrected chi connectivity index (χ3v) is 1.74. The van der Waals surface area contributed by atoms with Crippen molar-refractivity contribution in [3.8, 4) is 17.6 Å². The third-order valence-electron chi connectivity index (χ3n) is 1.74. The molecule has 1 amide bonds. The number of hydrogen-bond acceptors (Lipinski definition) is 2. The normalized spacial score (nSPS) is 9.12. The van der Waals surface area contributed by atoms with Crippen LogP contribution in [-0.4, -0.2) is 12.5 Å². The van der Waals surface area contributed by atoms with E-state index in [1.54, 1.807) is 6.07 Å². The maximum absolute atomic E-state index is 13.4. The topological polar surface area (TPSA) is 52.3 Å². The first-order valence-electron chi connectivity index (χ1n) is 4.83. The number of carbonyl (C=O) groups excluding carboxylic acids is 1. The van der Waals surface area contributed by atoms with Crippen LogP contribution in [0.4, 0.5) is 4.39 Å². The molecule has 0 bridgehead atoms. The zero-order valence-corrected chi connectivity index (χ0v) is 8.92. The predicted molar refractivity (Wildman–Crippen MR) is 58.3 cm³/mol. The number of halogens is 1. The lowest BCUT2D eigenvalue weighted by molar-refractivity contribution is -0.117. The molecule has 1 aromatic rings. The van der Waals surface area contributed by atoms with E-state index in [1.165, 1.54) is 12.1 Å². The van der Waals surface area contributed by atoms with Crippen molar-refractivity contribution in [1.82, 2.24) is 0 Å². The van der Waals surface area contributed by atoms with Crippen molar-refractivity contribution in [3.63, 3.8) is 0 Å².